The smallest absolute Gasteiger partial charge is 0.174 e. The van der Waals surface area contributed by atoms with Crippen LogP contribution in [0.2, 0.25) is 0 Å². The van der Waals surface area contributed by atoms with Gasteiger partial charge in [-0.15, -0.1) is 0 Å². The number of Topliss-reactive ketones (excluding diaryl/α,β-unsaturated/α-hetero) is 1. The molecule has 0 unspecified atom stereocenters. The van der Waals surface area contributed by atoms with Crippen molar-refractivity contribution in [3.63, 3.8) is 0 Å². The maximum absolute atomic E-state index is 13.7. The molecule has 1 aliphatic heterocycles. The van der Waals surface area contributed by atoms with Gasteiger partial charge in [-0.25, -0.2) is 4.39 Å². The highest BCUT2D eigenvalue weighted by atomic mass is 127. The molecule has 0 bridgehead atoms. The van der Waals surface area contributed by atoms with Crippen LogP contribution in [0.1, 0.15) is 50.7 Å². The molecule has 0 fully saturated rings. The van der Waals surface area contributed by atoms with Crippen molar-refractivity contribution in [3.05, 3.63) is 79.6 Å². The fourth-order valence-electron chi connectivity index (χ4n) is 5.24. The number of ketones is 1. The Balaban J connectivity index is 1.81. The molecule has 1 heterocycles. The van der Waals surface area contributed by atoms with E-state index in [-0.39, 0.29) is 23.6 Å². The van der Waals surface area contributed by atoms with Crippen molar-refractivity contribution >= 4 is 28.4 Å². The lowest BCUT2D eigenvalue weighted by Gasteiger charge is -2.43. The molecule has 9 heteroatoms. The minimum absolute atomic E-state index is 0.0125. The molecule has 2 N–H and O–H groups in total. The van der Waals surface area contributed by atoms with Gasteiger partial charge < -0.3 is 24.8 Å². The number of hydrogen-bond donors (Lipinski definition) is 1. The normalized spacial score (nSPS) is 18.6. The second kappa shape index (κ2) is 12.0. The Bertz CT molecular complexity index is 1360. The van der Waals surface area contributed by atoms with Crippen LogP contribution in [0.4, 0.5) is 4.39 Å². The Labute approximate surface area is 242 Å². The third kappa shape index (κ3) is 6.07. The minimum atomic E-state index is -0.619. The van der Waals surface area contributed by atoms with Crippen molar-refractivity contribution < 1.29 is 23.4 Å². The van der Waals surface area contributed by atoms with Gasteiger partial charge in [0.25, 0.3) is 0 Å². The quantitative estimate of drug-likeness (QED) is 0.345. The lowest BCUT2D eigenvalue weighted by molar-refractivity contribution is -0.118. The summed E-state index contributed by atoms with van der Waals surface area (Å²) in [6, 6.07) is 12.2. The second-order valence-corrected chi connectivity index (χ2v) is 11.6. The van der Waals surface area contributed by atoms with E-state index in [0.717, 1.165) is 20.4 Å². The summed E-state index contributed by atoms with van der Waals surface area (Å²) in [5.74, 6) is 0.475. The Kier molecular flexibility index (Phi) is 8.86. The van der Waals surface area contributed by atoms with Crippen LogP contribution in [0.5, 0.6) is 11.5 Å². The molecule has 2 aromatic rings. The average Bonchev–Trinajstić information content (AvgIpc) is 2.87. The van der Waals surface area contributed by atoms with Crippen molar-refractivity contribution in [2.45, 2.75) is 46.1 Å². The third-order valence-corrected chi connectivity index (χ3v) is 7.77. The van der Waals surface area contributed by atoms with Gasteiger partial charge in [-0.1, -0.05) is 26.0 Å². The van der Waals surface area contributed by atoms with Gasteiger partial charge >= 0.3 is 0 Å². The first-order chi connectivity index (χ1) is 18.6. The van der Waals surface area contributed by atoms with Crippen LogP contribution >= 0.6 is 22.6 Å². The highest BCUT2D eigenvalue weighted by molar-refractivity contribution is 14.1. The molecular formula is C30H33FIN3O4. The number of hydrogen-bond acceptors (Lipinski definition) is 7. The van der Waals surface area contributed by atoms with E-state index in [1.807, 2.05) is 24.0 Å². The van der Waals surface area contributed by atoms with E-state index in [1.54, 1.807) is 19.2 Å². The molecule has 4 rings (SSSR count). The molecule has 206 valence electrons. The molecule has 0 radical (unpaired) electrons. The van der Waals surface area contributed by atoms with Gasteiger partial charge in [0.2, 0.25) is 0 Å². The van der Waals surface area contributed by atoms with Gasteiger partial charge in [-0.3, -0.25) is 4.79 Å². The number of nitriles is 1. The highest BCUT2D eigenvalue weighted by Gasteiger charge is 2.44. The van der Waals surface area contributed by atoms with Crippen molar-refractivity contribution in [2.24, 2.45) is 11.1 Å². The number of halogens is 2. The molecule has 0 saturated carbocycles. The first kappa shape index (κ1) is 28.9. The Morgan fingerprint density at radius 3 is 2.56 bits per heavy atom. The number of methoxy groups -OCH3 is 1. The zero-order valence-corrected chi connectivity index (χ0v) is 24.8. The summed E-state index contributed by atoms with van der Waals surface area (Å²) in [4.78, 5) is 15.6. The zero-order chi connectivity index (χ0) is 28.3. The van der Waals surface area contributed by atoms with Crippen LogP contribution in [0.25, 0.3) is 0 Å². The average molecular weight is 646 g/mol. The Hall–Kier alpha value is -3.10. The number of allylic oxidation sites excluding steroid dienone is 3. The van der Waals surface area contributed by atoms with Crippen molar-refractivity contribution in [1.82, 2.24) is 4.90 Å². The maximum atomic E-state index is 13.7. The fourth-order valence-corrected chi connectivity index (χ4v) is 6.02. The monoisotopic (exact) mass is 645 g/mol. The predicted octanol–water partition coefficient (Wildman–Crippen LogP) is 5.79. The molecule has 1 atom stereocenters. The van der Waals surface area contributed by atoms with Crippen LogP contribution in [0.15, 0.2) is 59.1 Å². The summed E-state index contributed by atoms with van der Waals surface area (Å²) in [7, 11) is 1.61. The molecule has 0 saturated heterocycles. The molecular weight excluding hydrogens is 612 g/mol. The molecule has 7 nitrogen and oxygen atoms in total. The van der Waals surface area contributed by atoms with Crippen LogP contribution < -0.4 is 15.2 Å². The van der Waals surface area contributed by atoms with Crippen LogP contribution in [-0.2, 0) is 16.1 Å². The van der Waals surface area contributed by atoms with E-state index in [4.69, 9.17) is 19.9 Å². The van der Waals surface area contributed by atoms with Gasteiger partial charge in [0.15, 0.2) is 17.3 Å². The molecule has 2 aromatic carbocycles. The summed E-state index contributed by atoms with van der Waals surface area (Å²) < 4.78 is 31.5. The SMILES string of the molecule is CCOc1cc([C@@H]2C(C#N)=C(N)N(CCOC)C3=C2C(=O)CC(C)(C)C3)cc(I)c1OCc1ccc(F)cc1. The highest BCUT2D eigenvalue weighted by Crippen LogP contribution is 2.50. The summed E-state index contributed by atoms with van der Waals surface area (Å²) >= 11 is 2.18. The summed E-state index contributed by atoms with van der Waals surface area (Å²) in [6.45, 7) is 7.49. The summed E-state index contributed by atoms with van der Waals surface area (Å²) in [6.07, 6.45) is 1.04. The van der Waals surface area contributed by atoms with Crippen molar-refractivity contribution in [2.75, 3.05) is 26.9 Å². The van der Waals surface area contributed by atoms with Gasteiger partial charge in [0.1, 0.15) is 18.2 Å². The van der Waals surface area contributed by atoms with Gasteiger partial charge in [0, 0.05) is 31.3 Å². The number of carbonyl (C=O) groups excluding carboxylic acids is 1. The summed E-state index contributed by atoms with van der Waals surface area (Å²) in [5, 5.41) is 10.3. The van der Waals surface area contributed by atoms with Crippen LogP contribution in [0, 0.1) is 26.1 Å². The number of carbonyl (C=O) groups is 1. The zero-order valence-electron chi connectivity index (χ0n) is 22.6. The molecule has 1 aliphatic carbocycles. The van der Waals surface area contributed by atoms with E-state index in [1.165, 1.54) is 12.1 Å². The number of nitrogens with two attached hydrogens (primary N) is 1. The van der Waals surface area contributed by atoms with Crippen molar-refractivity contribution in [3.8, 4) is 17.6 Å². The van der Waals surface area contributed by atoms with Crippen molar-refractivity contribution in [1.29, 1.82) is 5.26 Å². The van der Waals surface area contributed by atoms with Gasteiger partial charge in [0.05, 0.1) is 34.3 Å². The second-order valence-electron chi connectivity index (χ2n) is 10.5. The number of ether oxygens (including phenoxy) is 3. The third-order valence-electron chi connectivity index (χ3n) is 6.97. The van der Waals surface area contributed by atoms with E-state index in [9.17, 15) is 14.4 Å². The molecule has 39 heavy (non-hydrogen) atoms. The first-order valence-electron chi connectivity index (χ1n) is 12.9. The lowest BCUT2D eigenvalue weighted by Crippen LogP contribution is -2.43. The molecule has 2 aliphatic rings. The van der Waals surface area contributed by atoms with Crippen LogP contribution in [0.3, 0.4) is 0 Å². The minimum Gasteiger partial charge on any atom is -0.490 e. The van der Waals surface area contributed by atoms with Gasteiger partial charge in [-0.05, 0) is 76.7 Å². The molecule has 0 aromatic heterocycles. The van der Waals surface area contributed by atoms with Gasteiger partial charge in [-0.2, -0.15) is 5.26 Å². The summed E-state index contributed by atoms with van der Waals surface area (Å²) in [5.41, 5.74) is 9.73. The molecule has 0 amide bonds. The Morgan fingerprint density at radius 2 is 1.92 bits per heavy atom. The van der Waals surface area contributed by atoms with E-state index in [0.29, 0.717) is 61.1 Å². The van der Waals surface area contributed by atoms with E-state index in [2.05, 4.69) is 42.5 Å². The molecule has 0 spiro atoms. The van der Waals surface area contributed by atoms with E-state index < -0.39 is 5.92 Å². The largest absolute Gasteiger partial charge is 0.490 e. The predicted molar refractivity (Wildman–Crippen MR) is 154 cm³/mol. The number of nitrogens with zero attached hydrogens (tertiary/aromatic N) is 2. The lowest BCUT2D eigenvalue weighted by atomic mass is 9.68. The topological polar surface area (TPSA) is 97.8 Å². The number of benzene rings is 2. The first-order valence-corrected chi connectivity index (χ1v) is 13.9. The van der Waals surface area contributed by atoms with Crippen LogP contribution in [-0.4, -0.2) is 37.6 Å². The maximum Gasteiger partial charge on any atom is 0.174 e. The number of rotatable bonds is 9. The Morgan fingerprint density at radius 1 is 1.21 bits per heavy atom. The standard InChI is InChI=1S/C30H33FIN3O4/c1-5-38-25-13-19(12-22(32)28(25)39-17-18-6-8-20(31)9-7-18)26-21(16-33)29(34)35(10-11-37-4)23-14-30(2,3)15-24(36)27(23)26/h6-9,12-13,26H,5,10-11,14-15,17,34H2,1-4H3/t26-/m1/s1. The fraction of sp³-hybridized carbons (Fsp3) is 0.400. The van der Waals surface area contributed by atoms with E-state index >= 15 is 0 Å².